The summed E-state index contributed by atoms with van der Waals surface area (Å²) < 4.78 is 14.0. The Labute approximate surface area is 189 Å². The molecule has 31 heavy (non-hydrogen) atoms. The highest BCUT2D eigenvalue weighted by atomic mass is 35.5. The molecule has 3 aromatic rings. The van der Waals surface area contributed by atoms with Crippen molar-refractivity contribution in [1.29, 1.82) is 0 Å². The molecule has 0 saturated carbocycles. The topological polar surface area (TPSA) is 130 Å². The van der Waals surface area contributed by atoms with Gasteiger partial charge in [-0.2, -0.15) is 4.37 Å². The number of hydrogen-bond acceptors (Lipinski definition) is 7. The summed E-state index contributed by atoms with van der Waals surface area (Å²) in [6, 6.07) is 14.5. The number of nitrogen functional groups attached to an aromatic ring is 1. The number of anilines is 2. The fraction of sp³-hybridized carbons (Fsp3) is 0.190. The Kier molecular flexibility index (Phi) is 9.60. The molecule has 2 amide bonds. The predicted molar refractivity (Wildman–Crippen MR) is 123 cm³/mol. The average molecular weight is 463 g/mol. The van der Waals surface area contributed by atoms with Crippen LogP contribution in [0.5, 0.6) is 11.5 Å². The number of carbonyl (C=O) groups is 2. The lowest BCUT2D eigenvalue weighted by molar-refractivity contribution is -0.115. The van der Waals surface area contributed by atoms with E-state index in [4.69, 9.17) is 22.1 Å². The SMILES string of the molecule is CCCOC(N)=O.Nc1ccc(Oc2ccc(CC(=O)Nc3sncc3Cl)cc2)cc1. The third-order valence-electron chi connectivity index (χ3n) is 3.63. The second-order valence-electron chi connectivity index (χ2n) is 6.21. The predicted octanol–water partition coefficient (Wildman–Crippen LogP) is 4.84. The average Bonchev–Trinajstić information content (AvgIpc) is 3.14. The van der Waals surface area contributed by atoms with Gasteiger partial charge in [0.25, 0.3) is 0 Å². The van der Waals surface area contributed by atoms with E-state index >= 15 is 0 Å². The van der Waals surface area contributed by atoms with Gasteiger partial charge in [0.1, 0.15) is 16.5 Å². The summed E-state index contributed by atoms with van der Waals surface area (Å²) >= 11 is 7.05. The molecule has 0 unspecified atom stereocenters. The third-order valence-corrected chi connectivity index (χ3v) is 4.75. The van der Waals surface area contributed by atoms with Crippen LogP contribution in [0, 0.1) is 0 Å². The number of benzene rings is 2. The minimum Gasteiger partial charge on any atom is -0.457 e. The van der Waals surface area contributed by atoms with E-state index in [0.717, 1.165) is 23.5 Å². The van der Waals surface area contributed by atoms with Gasteiger partial charge in [-0.1, -0.05) is 30.7 Å². The number of nitrogens with one attached hydrogen (secondary N) is 1. The van der Waals surface area contributed by atoms with Gasteiger partial charge in [0.05, 0.1) is 24.2 Å². The van der Waals surface area contributed by atoms with Gasteiger partial charge in [0, 0.05) is 5.69 Å². The Morgan fingerprint density at radius 1 is 1.10 bits per heavy atom. The smallest absolute Gasteiger partial charge is 0.404 e. The second kappa shape index (κ2) is 12.4. The maximum absolute atomic E-state index is 12.0. The minimum absolute atomic E-state index is 0.145. The van der Waals surface area contributed by atoms with Crippen molar-refractivity contribution in [3.05, 3.63) is 65.3 Å². The number of nitrogens with zero attached hydrogens (tertiary/aromatic N) is 1. The zero-order chi connectivity index (χ0) is 22.6. The molecule has 1 aromatic heterocycles. The van der Waals surface area contributed by atoms with Crippen LogP contribution in [-0.4, -0.2) is 23.0 Å². The summed E-state index contributed by atoms with van der Waals surface area (Å²) in [6.07, 6.45) is 1.88. The van der Waals surface area contributed by atoms with Gasteiger partial charge in [0.15, 0.2) is 0 Å². The highest BCUT2D eigenvalue weighted by Crippen LogP contribution is 2.26. The number of primary amides is 1. The van der Waals surface area contributed by atoms with Crippen LogP contribution >= 0.6 is 23.1 Å². The van der Waals surface area contributed by atoms with Gasteiger partial charge in [-0.25, -0.2) is 4.79 Å². The lowest BCUT2D eigenvalue weighted by Gasteiger charge is -2.07. The number of amides is 2. The standard InChI is InChI=1S/C17H14ClN3O2S.C4H9NO2/c18-15-10-20-24-17(15)21-16(22)9-11-1-5-13(6-2-11)23-14-7-3-12(19)4-8-14;1-2-3-7-4(5)6/h1-8,10H,9,19H2,(H,21,22);2-3H2,1H3,(H2,5,6). The second-order valence-corrected chi connectivity index (χ2v) is 7.42. The first-order chi connectivity index (χ1) is 14.9. The summed E-state index contributed by atoms with van der Waals surface area (Å²) in [5.74, 6) is 1.25. The number of carbonyl (C=O) groups excluding carboxylic acids is 2. The Morgan fingerprint density at radius 2 is 1.71 bits per heavy atom. The summed E-state index contributed by atoms with van der Waals surface area (Å²) in [5.41, 5.74) is 11.8. The maximum atomic E-state index is 12.0. The first-order valence-corrected chi connectivity index (χ1v) is 10.5. The number of aromatic nitrogens is 1. The van der Waals surface area contributed by atoms with Crippen molar-refractivity contribution in [2.75, 3.05) is 17.7 Å². The molecule has 0 aliphatic rings. The van der Waals surface area contributed by atoms with Crippen molar-refractivity contribution in [3.63, 3.8) is 0 Å². The Hall–Kier alpha value is -3.30. The highest BCUT2D eigenvalue weighted by molar-refractivity contribution is 7.11. The molecular weight excluding hydrogens is 440 g/mol. The zero-order valence-electron chi connectivity index (χ0n) is 16.8. The maximum Gasteiger partial charge on any atom is 0.404 e. The molecule has 5 N–H and O–H groups in total. The summed E-state index contributed by atoms with van der Waals surface area (Å²) in [7, 11) is 0. The van der Waals surface area contributed by atoms with Crippen LogP contribution in [0.15, 0.2) is 54.7 Å². The molecule has 1 heterocycles. The molecule has 2 aromatic carbocycles. The van der Waals surface area contributed by atoms with E-state index in [1.165, 1.54) is 6.20 Å². The quantitative estimate of drug-likeness (QED) is 0.430. The first-order valence-electron chi connectivity index (χ1n) is 9.32. The van der Waals surface area contributed by atoms with Crippen molar-refractivity contribution >= 4 is 45.8 Å². The number of ether oxygens (including phenoxy) is 2. The van der Waals surface area contributed by atoms with E-state index in [1.807, 2.05) is 31.2 Å². The van der Waals surface area contributed by atoms with Crippen LogP contribution < -0.4 is 21.5 Å². The normalized spacial score (nSPS) is 9.87. The lowest BCUT2D eigenvalue weighted by atomic mass is 10.1. The Bertz CT molecular complexity index is 978. The number of hydrogen-bond donors (Lipinski definition) is 3. The molecule has 3 rings (SSSR count). The molecule has 0 bridgehead atoms. The molecule has 8 nitrogen and oxygen atoms in total. The largest absolute Gasteiger partial charge is 0.457 e. The monoisotopic (exact) mass is 462 g/mol. The van der Waals surface area contributed by atoms with Crippen LogP contribution in [0.3, 0.4) is 0 Å². The van der Waals surface area contributed by atoms with Gasteiger partial charge in [-0.05, 0) is 59.9 Å². The van der Waals surface area contributed by atoms with Crippen LogP contribution in [0.1, 0.15) is 18.9 Å². The summed E-state index contributed by atoms with van der Waals surface area (Å²) in [5, 5.41) is 3.75. The Balaban J connectivity index is 0.000000423. The molecular formula is C21H23ClN4O4S. The van der Waals surface area contributed by atoms with E-state index in [2.05, 4.69) is 20.2 Å². The molecule has 0 aliphatic carbocycles. The fourth-order valence-corrected chi connectivity index (χ4v) is 3.04. The molecule has 0 fully saturated rings. The van der Waals surface area contributed by atoms with Crippen LogP contribution in [0.25, 0.3) is 0 Å². The van der Waals surface area contributed by atoms with Crippen molar-refractivity contribution in [2.45, 2.75) is 19.8 Å². The van der Waals surface area contributed by atoms with Crippen LogP contribution in [0.4, 0.5) is 15.5 Å². The molecule has 10 heteroatoms. The van der Waals surface area contributed by atoms with Crippen molar-refractivity contribution in [2.24, 2.45) is 5.73 Å². The number of rotatable bonds is 7. The lowest BCUT2D eigenvalue weighted by Crippen LogP contribution is -2.13. The number of halogens is 1. The molecule has 0 aliphatic heterocycles. The molecule has 164 valence electrons. The molecule has 0 spiro atoms. The van der Waals surface area contributed by atoms with Gasteiger partial charge < -0.3 is 26.3 Å². The van der Waals surface area contributed by atoms with Gasteiger partial charge in [-0.3, -0.25) is 4.79 Å². The van der Waals surface area contributed by atoms with E-state index < -0.39 is 6.09 Å². The zero-order valence-corrected chi connectivity index (χ0v) is 18.4. The van der Waals surface area contributed by atoms with Crippen LogP contribution in [-0.2, 0) is 16.0 Å². The first kappa shape index (κ1) is 24.0. The molecule has 0 saturated heterocycles. The summed E-state index contributed by atoms with van der Waals surface area (Å²) in [4.78, 5) is 21.8. The van der Waals surface area contributed by atoms with E-state index in [9.17, 15) is 9.59 Å². The van der Waals surface area contributed by atoms with Crippen molar-refractivity contribution in [1.82, 2.24) is 4.37 Å². The van der Waals surface area contributed by atoms with Crippen molar-refractivity contribution in [3.8, 4) is 11.5 Å². The number of nitrogens with two attached hydrogens (primary N) is 2. The van der Waals surface area contributed by atoms with Gasteiger partial charge >= 0.3 is 6.09 Å². The third kappa shape index (κ3) is 8.93. The molecule has 0 atom stereocenters. The van der Waals surface area contributed by atoms with Gasteiger partial charge in [0.2, 0.25) is 5.91 Å². The fourth-order valence-electron chi connectivity index (χ4n) is 2.22. The molecule has 0 radical (unpaired) electrons. The Morgan fingerprint density at radius 3 is 2.19 bits per heavy atom. The summed E-state index contributed by atoms with van der Waals surface area (Å²) in [6.45, 7) is 2.33. The van der Waals surface area contributed by atoms with E-state index in [0.29, 0.717) is 33.8 Å². The minimum atomic E-state index is -0.693. The van der Waals surface area contributed by atoms with Crippen LogP contribution in [0.2, 0.25) is 5.02 Å². The van der Waals surface area contributed by atoms with Gasteiger partial charge in [-0.15, -0.1) is 0 Å². The van der Waals surface area contributed by atoms with Crippen molar-refractivity contribution < 1.29 is 19.1 Å². The highest BCUT2D eigenvalue weighted by Gasteiger charge is 2.09. The van der Waals surface area contributed by atoms with E-state index in [1.54, 1.807) is 24.3 Å². The van der Waals surface area contributed by atoms with E-state index in [-0.39, 0.29) is 12.3 Å².